The van der Waals surface area contributed by atoms with Crippen molar-refractivity contribution in [2.75, 3.05) is 24.5 Å². The smallest absolute Gasteiger partial charge is 0.252 e. The van der Waals surface area contributed by atoms with Crippen molar-refractivity contribution in [3.05, 3.63) is 71.9 Å². The van der Waals surface area contributed by atoms with Crippen LogP contribution in [0.4, 0.5) is 5.69 Å². The lowest BCUT2D eigenvalue weighted by atomic mass is 10.1. The first-order chi connectivity index (χ1) is 12.2. The number of anilines is 1. The van der Waals surface area contributed by atoms with Crippen molar-refractivity contribution in [3.8, 4) is 0 Å². The lowest BCUT2D eigenvalue weighted by molar-refractivity contribution is 0.0956. The largest absolute Gasteiger partial charge is 0.370 e. The highest BCUT2D eigenvalue weighted by Gasteiger charge is 2.11. The van der Waals surface area contributed by atoms with E-state index in [1.54, 1.807) is 12.3 Å². The SMILES string of the molecule is CCN(CCNC(=O)c1ccnc2ccccc12)c1ccccc1C. The maximum Gasteiger partial charge on any atom is 0.252 e. The van der Waals surface area contributed by atoms with Gasteiger partial charge in [-0.15, -0.1) is 0 Å². The number of aryl methyl sites for hydroxylation is 1. The molecule has 0 aliphatic carbocycles. The van der Waals surface area contributed by atoms with Crippen LogP contribution in [0.15, 0.2) is 60.8 Å². The predicted octanol–water partition coefficient (Wildman–Crippen LogP) is 3.80. The molecule has 128 valence electrons. The Balaban J connectivity index is 1.67. The number of nitrogens with zero attached hydrogens (tertiary/aromatic N) is 2. The number of likely N-dealkylation sites (N-methyl/N-ethyl adjacent to an activating group) is 1. The summed E-state index contributed by atoms with van der Waals surface area (Å²) < 4.78 is 0. The van der Waals surface area contributed by atoms with Gasteiger partial charge in [0.25, 0.3) is 5.91 Å². The first kappa shape index (κ1) is 17.0. The number of hydrogen-bond donors (Lipinski definition) is 1. The summed E-state index contributed by atoms with van der Waals surface area (Å²) in [6.07, 6.45) is 1.68. The zero-order valence-corrected chi connectivity index (χ0v) is 14.7. The molecule has 1 amide bonds. The van der Waals surface area contributed by atoms with Gasteiger partial charge in [0.2, 0.25) is 0 Å². The molecule has 0 aliphatic heterocycles. The molecule has 3 aromatic rings. The van der Waals surface area contributed by atoms with E-state index in [0.29, 0.717) is 12.1 Å². The van der Waals surface area contributed by atoms with Crippen LogP contribution in [-0.2, 0) is 0 Å². The summed E-state index contributed by atoms with van der Waals surface area (Å²) in [5.41, 5.74) is 3.97. The number of pyridine rings is 1. The molecule has 3 rings (SSSR count). The van der Waals surface area contributed by atoms with Crippen molar-refractivity contribution in [3.63, 3.8) is 0 Å². The minimum Gasteiger partial charge on any atom is -0.370 e. The number of hydrogen-bond acceptors (Lipinski definition) is 3. The van der Waals surface area contributed by atoms with Crippen LogP contribution in [0.2, 0.25) is 0 Å². The van der Waals surface area contributed by atoms with Crippen LogP contribution < -0.4 is 10.2 Å². The number of para-hydroxylation sites is 2. The van der Waals surface area contributed by atoms with Gasteiger partial charge in [0.05, 0.1) is 11.1 Å². The second kappa shape index (κ2) is 7.79. The van der Waals surface area contributed by atoms with Gasteiger partial charge >= 0.3 is 0 Å². The van der Waals surface area contributed by atoms with Gasteiger partial charge < -0.3 is 10.2 Å². The van der Waals surface area contributed by atoms with Crippen LogP contribution in [0.1, 0.15) is 22.8 Å². The van der Waals surface area contributed by atoms with E-state index in [0.717, 1.165) is 24.0 Å². The molecule has 0 fully saturated rings. The van der Waals surface area contributed by atoms with E-state index in [4.69, 9.17) is 0 Å². The van der Waals surface area contributed by atoms with Gasteiger partial charge in [-0.2, -0.15) is 0 Å². The van der Waals surface area contributed by atoms with Gasteiger partial charge in [0.1, 0.15) is 0 Å². The zero-order valence-electron chi connectivity index (χ0n) is 14.7. The van der Waals surface area contributed by atoms with Crippen LogP contribution in [0.25, 0.3) is 10.9 Å². The fourth-order valence-corrected chi connectivity index (χ4v) is 3.06. The van der Waals surface area contributed by atoms with E-state index >= 15 is 0 Å². The summed E-state index contributed by atoms with van der Waals surface area (Å²) in [6, 6.07) is 17.8. The minimum atomic E-state index is -0.0561. The highest BCUT2D eigenvalue weighted by molar-refractivity contribution is 6.05. The van der Waals surface area contributed by atoms with E-state index in [9.17, 15) is 4.79 Å². The van der Waals surface area contributed by atoms with Crippen molar-refractivity contribution >= 4 is 22.5 Å². The van der Waals surface area contributed by atoms with Crippen molar-refractivity contribution in [2.45, 2.75) is 13.8 Å². The molecular weight excluding hydrogens is 310 g/mol. The third-order valence-electron chi connectivity index (χ3n) is 4.40. The Bertz CT molecular complexity index is 870. The molecule has 1 aromatic heterocycles. The number of carbonyl (C=O) groups is 1. The van der Waals surface area contributed by atoms with Gasteiger partial charge in [-0.1, -0.05) is 36.4 Å². The van der Waals surface area contributed by atoms with Crippen molar-refractivity contribution in [1.82, 2.24) is 10.3 Å². The number of fused-ring (bicyclic) bond motifs is 1. The molecule has 0 aliphatic rings. The minimum absolute atomic E-state index is 0.0561. The fourth-order valence-electron chi connectivity index (χ4n) is 3.06. The van der Waals surface area contributed by atoms with Crippen LogP contribution >= 0.6 is 0 Å². The first-order valence-electron chi connectivity index (χ1n) is 8.63. The zero-order chi connectivity index (χ0) is 17.6. The number of rotatable bonds is 6. The topological polar surface area (TPSA) is 45.2 Å². The second-order valence-electron chi connectivity index (χ2n) is 6.00. The normalized spacial score (nSPS) is 10.6. The molecule has 2 aromatic carbocycles. The molecule has 0 radical (unpaired) electrons. The van der Waals surface area contributed by atoms with Crippen molar-refractivity contribution in [2.24, 2.45) is 0 Å². The van der Waals surface area contributed by atoms with Crippen LogP contribution in [-0.4, -0.2) is 30.5 Å². The average molecular weight is 333 g/mol. The Morgan fingerprint density at radius 3 is 2.64 bits per heavy atom. The summed E-state index contributed by atoms with van der Waals surface area (Å²) >= 11 is 0. The van der Waals surface area contributed by atoms with Gasteiger partial charge in [-0.3, -0.25) is 9.78 Å². The number of nitrogens with one attached hydrogen (secondary N) is 1. The summed E-state index contributed by atoms with van der Waals surface area (Å²) in [6.45, 7) is 6.51. The maximum absolute atomic E-state index is 12.6. The van der Waals surface area contributed by atoms with E-state index in [1.165, 1.54) is 11.3 Å². The molecular formula is C21H23N3O. The third-order valence-corrected chi connectivity index (χ3v) is 4.40. The predicted molar refractivity (Wildman–Crippen MR) is 103 cm³/mol. The fraction of sp³-hybridized carbons (Fsp3) is 0.238. The molecule has 0 saturated heterocycles. The van der Waals surface area contributed by atoms with Gasteiger partial charge in [-0.05, 0) is 37.6 Å². The van der Waals surface area contributed by atoms with Gasteiger partial charge in [-0.25, -0.2) is 0 Å². The number of carbonyl (C=O) groups excluding carboxylic acids is 1. The summed E-state index contributed by atoms with van der Waals surface area (Å²) in [4.78, 5) is 19.2. The Kier molecular flexibility index (Phi) is 5.29. The molecule has 0 spiro atoms. The van der Waals surface area contributed by atoms with Crippen LogP contribution in [0.5, 0.6) is 0 Å². The highest BCUT2D eigenvalue weighted by Crippen LogP contribution is 2.19. The van der Waals surface area contributed by atoms with Gasteiger partial charge in [0, 0.05) is 36.9 Å². The Labute approximate surface area is 148 Å². The second-order valence-corrected chi connectivity index (χ2v) is 6.00. The van der Waals surface area contributed by atoms with Crippen molar-refractivity contribution in [1.29, 1.82) is 0 Å². The number of benzene rings is 2. The monoisotopic (exact) mass is 333 g/mol. The molecule has 0 bridgehead atoms. The van der Waals surface area contributed by atoms with E-state index < -0.39 is 0 Å². The lowest BCUT2D eigenvalue weighted by Gasteiger charge is -2.25. The molecule has 25 heavy (non-hydrogen) atoms. The first-order valence-corrected chi connectivity index (χ1v) is 8.63. The lowest BCUT2D eigenvalue weighted by Crippen LogP contribution is -2.35. The highest BCUT2D eigenvalue weighted by atomic mass is 16.1. The molecule has 4 nitrogen and oxygen atoms in total. The molecule has 4 heteroatoms. The molecule has 1 heterocycles. The van der Waals surface area contributed by atoms with Crippen LogP contribution in [0.3, 0.4) is 0 Å². The molecule has 0 atom stereocenters. The van der Waals surface area contributed by atoms with E-state index in [2.05, 4.69) is 41.2 Å². The van der Waals surface area contributed by atoms with E-state index in [-0.39, 0.29) is 5.91 Å². The van der Waals surface area contributed by atoms with E-state index in [1.807, 2.05) is 36.4 Å². The number of aromatic nitrogens is 1. The molecule has 1 N–H and O–H groups in total. The summed E-state index contributed by atoms with van der Waals surface area (Å²) in [7, 11) is 0. The van der Waals surface area contributed by atoms with Crippen molar-refractivity contribution < 1.29 is 4.79 Å². The molecule has 0 unspecified atom stereocenters. The maximum atomic E-state index is 12.6. The Morgan fingerprint density at radius 2 is 1.84 bits per heavy atom. The van der Waals surface area contributed by atoms with Gasteiger partial charge in [0.15, 0.2) is 0 Å². The number of amides is 1. The summed E-state index contributed by atoms with van der Waals surface area (Å²) in [5.74, 6) is -0.0561. The summed E-state index contributed by atoms with van der Waals surface area (Å²) in [5, 5.41) is 3.92. The standard InChI is InChI=1S/C21H23N3O/c1-3-24(20-11-7-4-8-16(20)2)15-14-23-21(25)18-12-13-22-19-10-6-5-9-17(18)19/h4-13H,3,14-15H2,1-2H3,(H,23,25). The third kappa shape index (κ3) is 3.79. The molecule has 0 saturated carbocycles. The Morgan fingerprint density at radius 1 is 1.08 bits per heavy atom. The Hall–Kier alpha value is -2.88. The van der Waals surface area contributed by atoms with Crippen LogP contribution in [0, 0.1) is 6.92 Å². The average Bonchev–Trinajstić information content (AvgIpc) is 2.65. The quantitative estimate of drug-likeness (QED) is 0.746.